The molecule has 0 aliphatic carbocycles. The number of carbonyl (C=O) groups is 1. The van der Waals surface area contributed by atoms with E-state index in [0.29, 0.717) is 17.3 Å². The number of amides is 1. The fourth-order valence-electron chi connectivity index (χ4n) is 1.75. The summed E-state index contributed by atoms with van der Waals surface area (Å²) in [5.74, 6) is 0.755. The quantitative estimate of drug-likeness (QED) is 0.867. The Hall–Kier alpha value is -2.44. The Bertz CT molecular complexity index is 609. The van der Waals surface area contributed by atoms with Crippen LogP contribution in [0.2, 0.25) is 0 Å². The topological polar surface area (TPSA) is 92.9 Å². The van der Waals surface area contributed by atoms with Gasteiger partial charge in [0.05, 0.1) is 0 Å². The molecular weight excluding hydrogens is 258 g/mol. The predicted octanol–water partition coefficient (Wildman–Crippen LogP) is 2.02. The van der Waals surface area contributed by atoms with Crippen molar-refractivity contribution in [3.63, 3.8) is 0 Å². The fourth-order valence-corrected chi connectivity index (χ4v) is 1.75. The molecule has 0 saturated carbocycles. The molecule has 0 fully saturated rings. The Morgan fingerprint density at radius 1 is 1.35 bits per heavy atom. The van der Waals surface area contributed by atoms with Crippen molar-refractivity contribution in [2.24, 2.45) is 0 Å². The number of hydrogen-bond acceptors (Lipinski definition) is 6. The molecule has 0 saturated heterocycles. The number of anilines is 2. The van der Waals surface area contributed by atoms with Crippen LogP contribution in [0, 0.1) is 6.92 Å². The molecule has 20 heavy (non-hydrogen) atoms. The van der Waals surface area contributed by atoms with E-state index in [9.17, 15) is 4.79 Å². The summed E-state index contributed by atoms with van der Waals surface area (Å²) in [6, 6.07) is 3.54. The van der Waals surface area contributed by atoms with E-state index in [1.165, 1.54) is 0 Å². The lowest BCUT2D eigenvalue weighted by Gasteiger charge is -2.07. The van der Waals surface area contributed by atoms with Gasteiger partial charge in [-0.3, -0.25) is 10.1 Å². The van der Waals surface area contributed by atoms with E-state index in [-0.39, 0.29) is 11.9 Å². The Morgan fingerprint density at radius 3 is 2.75 bits per heavy atom. The van der Waals surface area contributed by atoms with Crippen LogP contribution in [0.15, 0.2) is 16.5 Å². The predicted molar refractivity (Wildman–Crippen MR) is 74.8 cm³/mol. The maximum atomic E-state index is 12.2. The third kappa shape index (κ3) is 3.31. The summed E-state index contributed by atoms with van der Waals surface area (Å²) in [5.41, 5.74) is 1.37. The fraction of sp³-hybridized carbons (Fsp3) is 0.385. The Morgan fingerprint density at radius 2 is 2.15 bits per heavy atom. The highest BCUT2D eigenvalue weighted by Gasteiger charge is 2.12. The van der Waals surface area contributed by atoms with Crippen molar-refractivity contribution in [3.8, 4) is 0 Å². The van der Waals surface area contributed by atoms with Gasteiger partial charge in [0.1, 0.15) is 5.82 Å². The minimum absolute atomic E-state index is 0.0901. The summed E-state index contributed by atoms with van der Waals surface area (Å²) in [4.78, 5) is 16.5. The summed E-state index contributed by atoms with van der Waals surface area (Å²) < 4.78 is 5.12. The normalized spacial score (nSPS) is 10.3. The molecule has 0 spiro atoms. The van der Waals surface area contributed by atoms with Crippen LogP contribution in [0.5, 0.6) is 0 Å². The molecule has 7 nitrogen and oxygen atoms in total. The van der Waals surface area contributed by atoms with Gasteiger partial charge in [-0.1, -0.05) is 18.4 Å². The van der Waals surface area contributed by atoms with Gasteiger partial charge >= 0.3 is 6.01 Å². The molecule has 1 amide bonds. The van der Waals surface area contributed by atoms with E-state index in [4.69, 9.17) is 4.42 Å². The maximum Gasteiger partial charge on any atom is 0.322 e. The van der Waals surface area contributed by atoms with Crippen LogP contribution in [-0.2, 0) is 6.42 Å². The summed E-state index contributed by atoms with van der Waals surface area (Å²) >= 11 is 0. The minimum atomic E-state index is -0.301. The average molecular weight is 275 g/mol. The van der Waals surface area contributed by atoms with Gasteiger partial charge in [0, 0.05) is 25.2 Å². The van der Waals surface area contributed by atoms with Crippen molar-refractivity contribution < 1.29 is 9.21 Å². The van der Waals surface area contributed by atoms with Crippen molar-refractivity contribution in [2.45, 2.75) is 26.7 Å². The lowest BCUT2D eigenvalue weighted by Crippen LogP contribution is -2.13. The first-order valence-electron chi connectivity index (χ1n) is 6.42. The summed E-state index contributed by atoms with van der Waals surface area (Å²) in [6.07, 6.45) is 1.78. The molecule has 7 heteroatoms. The van der Waals surface area contributed by atoms with E-state index in [1.54, 1.807) is 26.1 Å². The molecular formula is C13H17N5O2. The van der Waals surface area contributed by atoms with Gasteiger partial charge in [-0.15, -0.1) is 5.10 Å². The molecule has 0 atom stereocenters. The number of pyridine rings is 1. The molecule has 2 N–H and O–H groups in total. The summed E-state index contributed by atoms with van der Waals surface area (Å²) in [7, 11) is 1.76. The number of aryl methyl sites for hydroxylation is 2. The van der Waals surface area contributed by atoms with Crippen molar-refractivity contribution in [3.05, 3.63) is 29.3 Å². The van der Waals surface area contributed by atoms with Crippen molar-refractivity contribution in [1.82, 2.24) is 15.2 Å². The number of nitrogens with one attached hydrogen (secondary N) is 2. The lowest BCUT2D eigenvalue weighted by molar-refractivity contribution is 0.102. The number of nitrogens with zero attached hydrogens (tertiary/aromatic N) is 3. The van der Waals surface area contributed by atoms with E-state index in [1.807, 2.05) is 0 Å². The standard InChI is InChI=1S/C13H17N5O2/c1-4-5-10-6-9(7-11(14-3)15-10)12(19)16-13-18-17-8(2)20-13/h6-7H,4-5H2,1-3H3,(H,14,15)(H,16,18,19). The van der Waals surface area contributed by atoms with E-state index < -0.39 is 0 Å². The molecule has 0 radical (unpaired) electrons. The van der Waals surface area contributed by atoms with Crippen LogP contribution < -0.4 is 10.6 Å². The lowest BCUT2D eigenvalue weighted by atomic mass is 10.1. The zero-order valence-corrected chi connectivity index (χ0v) is 11.7. The maximum absolute atomic E-state index is 12.2. The Labute approximate surface area is 116 Å². The van der Waals surface area contributed by atoms with Crippen LogP contribution >= 0.6 is 0 Å². The SMILES string of the molecule is CCCc1cc(C(=O)Nc2nnc(C)o2)cc(NC)n1. The second kappa shape index (κ2) is 6.14. The van der Waals surface area contributed by atoms with E-state index in [2.05, 4.69) is 32.7 Å². The Balaban J connectivity index is 2.21. The number of hydrogen-bond donors (Lipinski definition) is 2. The zero-order chi connectivity index (χ0) is 14.5. The first kappa shape index (κ1) is 14.0. The van der Waals surface area contributed by atoms with Gasteiger partial charge in [-0.05, 0) is 18.6 Å². The van der Waals surface area contributed by atoms with Gasteiger partial charge in [0.15, 0.2) is 0 Å². The van der Waals surface area contributed by atoms with Crippen molar-refractivity contribution >= 4 is 17.7 Å². The smallest absolute Gasteiger partial charge is 0.322 e. The Kier molecular flexibility index (Phi) is 4.29. The number of carbonyl (C=O) groups excluding carboxylic acids is 1. The van der Waals surface area contributed by atoms with Gasteiger partial charge in [-0.25, -0.2) is 4.98 Å². The second-order valence-electron chi connectivity index (χ2n) is 4.31. The van der Waals surface area contributed by atoms with Crippen LogP contribution in [0.3, 0.4) is 0 Å². The molecule has 0 aliphatic heterocycles. The second-order valence-corrected chi connectivity index (χ2v) is 4.31. The van der Waals surface area contributed by atoms with Gasteiger partial charge in [0.2, 0.25) is 5.89 Å². The summed E-state index contributed by atoms with van der Waals surface area (Å²) in [5, 5.41) is 12.9. The third-order valence-corrected chi connectivity index (χ3v) is 2.65. The molecule has 0 unspecified atom stereocenters. The molecule has 2 heterocycles. The highest BCUT2D eigenvalue weighted by molar-refractivity contribution is 6.03. The van der Waals surface area contributed by atoms with Crippen molar-refractivity contribution in [2.75, 3.05) is 17.7 Å². The minimum Gasteiger partial charge on any atom is -0.408 e. The van der Waals surface area contributed by atoms with Crippen LogP contribution in [0.1, 0.15) is 35.3 Å². The highest BCUT2D eigenvalue weighted by Crippen LogP contribution is 2.14. The number of rotatable bonds is 5. The van der Waals surface area contributed by atoms with Crippen LogP contribution in [-0.4, -0.2) is 28.1 Å². The molecule has 106 valence electrons. The van der Waals surface area contributed by atoms with E-state index >= 15 is 0 Å². The molecule has 0 bridgehead atoms. The number of aromatic nitrogens is 3. The highest BCUT2D eigenvalue weighted by atomic mass is 16.4. The van der Waals surface area contributed by atoms with Crippen molar-refractivity contribution in [1.29, 1.82) is 0 Å². The van der Waals surface area contributed by atoms with Gasteiger partial charge in [-0.2, -0.15) is 0 Å². The molecule has 0 aromatic carbocycles. The van der Waals surface area contributed by atoms with Crippen LogP contribution in [0.25, 0.3) is 0 Å². The van der Waals surface area contributed by atoms with E-state index in [0.717, 1.165) is 18.5 Å². The van der Waals surface area contributed by atoms with Gasteiger partial charge < -0.3 is 9.73 Å². The first-order chi connectivity index (χ1) is 9.62. The first-order valence-corrected chi connectivity index (χ1v) is 6.42. The van der Waals surface area contributed by atoms with Crippen LogP contribution in [0.4, 0.5) is 11.8 Å². The summed E-state index contributed by atoms with van der Waals surface area (Å²) in [6.45, 7) is 3.72. The average Bonchev–Trinajstić information content (AvgIpc) is 2.84. The largest absolute Gasteiger partial charge is 0.408 e. The van der Waals surface area contributed by atoms with Gasteiger partial charge in [0.25, 0.3) is 5.91 Å². The molecule has 2 aromatic heterocycles. The third-order valence-electron chi connectivity index (χ3n) is 2.65. The molecule has 2 aromatic rings. The molecule has 2 rings (SSSR count). The monoisotopic (exact) mass is 275 g/mol. The zero-order valence-electron chi connectivity index (χ0n) is 11.7. The molecule has 0 aliphatic rings.